The van der Waals surface area contributed by atoms with Crippen molar-refractivity contribution in [2.45, 2.75) is 0 Å². The number of rotatable bonds is 7. The summed E-state index contributed by atoms with van der Waals surface area (Å²) in [6, 6.07) is 7.76. The fourth-order valence-corrected chi connectivity index (χ4v) is 1.22. The number of halogens is 1. The van der Waals surface area contributed by atoms with Crippen LogP contribution in [0.15, 0.2) is 30.8 Å². The van der Waals surface area contributed by atoms with Crippen LogP contribution in [0.2, 0.25) is 0 Å². The molecule has 3 heteroatoms. The summed E-state index contributed by atoms with van der Waals surface area (Å²) in [4.78, 5) is 0. The highest BCUT2D eigenvalue weighted by molar-refractivity contribution is 6.17. The highest BCUT2D eigenvalue weighted by Gasteiger charge is 1.94. The Bertz CT molecular complexity index is 299. The maximum atomic E-state index is 5.48. The minimum Gasteiger partial charge on any atom is -0.491 e. The van der Waals surface area contributed by atoms with E-state index in [1.807, 2.05) is 24.3 Å². The van der Waals surface area contributed by atoms with E-state index in [1.165, 1.54) is 0 Å². The molecule has 0 saturated carbocycles. The second kappa shape index (κ2) is 7.32. The Morgan fingerprint density at radius 1 is 1.27 bits per heavy atom. The van der Waals surface area contributed by atoms with E-state index in [2.05, 4.69) is 6.58 Å². The van der Waals surface area contributed by atoms with Crippen LogP contribution < -0.4 is 4.74 Å². The van der Waals surface area contributed by atoms with Crippen molar-refractivity contribution in [2.75, 3.05) is 25.7 Å². The lowest BCUT2D eigenvalue weighted by atomic mass is 10.2. The maximum Gasteiger partial charge on any atom is 0.120 e. The molecule has 1 aromatic rings. The molecule has 0 radical (unpaired) electrons. The lowest BCUT2D eigenvalue weighted by molar-refractivity contribution is 0.111. The zero-order valence-electron chi connectivity index (χ0n) is 8.62. The van der Waals surface area contributed by atoms with E-state index in [4.69, 9.17) is 21.1 Å². The smallest absolute Gasteiger partial charge is 0.120 e. The summed E-state index contributed by atoms with van der Waals surface area (Å²) in [5.74, 6) is 1.35. The first-order valence-electron chi connectivity index (χ1n) is 4.86. The van der Waals surface area contributed by atoms with Crippen LogP contribution in [0, 0.1) is 0 Å². The predicted molar refractivity (Wildman–Crippen MR) is 63.6 cm³/mol. The van der Waals surface area contributed by atoms with Gasteiger partial charge in [0.1, 0.15) is 12.4 Å². The van der Waals surface area contributed by atoms with E-state index in [9.17, 15) is 0 Å². The summed E-state index contributed by atoms with van der Waals surface area (Å²) in [5.41, 5.74) is 1.05. The molecule has 0 spiro atoms. The van der Waals surface area contributed by atoms with Crippen LogP contribution >= 0.6 is 11.6 Å². The summed E-state index contributed by atoms with van der Waals surface area (Å²) >= 11 is 5.46. The van der Waals surface area contributed by atoms with Gasteiger partial charge in [0, 0.05) is 5.88 Å². The van der Waals surface area contributed by atoms with Gasteiger partial charge in [0.05, 0.1) is 13.2 Å². The van der Waals surface area contributed by atoms with Gasteiger partial charge in [0.15, 0.2) is 0 Å². The van der Waals surface area contributed by atoms with E-state index in [0.29, 0.717) is 25.7 Å². The van der Waals surface area contributed by atoms with Crippen molar-refractivity contribution < 1.29 is 9.47 Å². The van der Waals surface area contributed by atoms with Gasteiger partial charge in [0.2, 0.25) is 0 Å². The average molecular weight is 227 g/mol. The minimum absolute atomic E-state index is 0.520. The van der Waals surface area contributed by atoms with Gasteiger partial charge in [-0.1, -0.05) is 24.8 Å². The monoisotopic (exact) mass is 226 g/mol. The molecule has 15 heavy (non-hydrogen) atoms. The van der Waals surface area contributed by atoms with Crippen molar-refractivity contribution in [3.05, 3.63) is 36.4 Å². The number of benzene rings is 1. The van der Waals surface area contributed by atoms with Gasteiger partial charge in [-0.25, -0.2) is 0 Å². The van der Waals surface area contributed by atoms with E-state index in [1.54, 1.807) is 6.08 Å². The van der Waals surface area contributed by atoms with Gasteiger partial charge in [-0.2, -0.15) is 0 Å². The van der Waals surface area contributed by atoms with Crippen LogP contribution in [0.1, 0.15) is 5.56 Å². The summed E-state index contributed by atoms with van der Waals surface area (Å²) < 4.78 is 10.7. The lowest BCUT2D eigenvalue weighted by Crippen LogP contribution is -2.07. The summed E-state index contributed by atoms with van der Waals surface area (Å²) in [6.45, 7) is 5.36. The summed E-state index contributed by atoms with van der Waals surface area (Å²) in [7, 11) is 0. The topological polar surface area (TPSA) is 18.5 Å². The highest BCUT2D eigenvalue weighted by atomic mass is 35.5. The zero-order valence-corrected chi connectivity index (χ0v) is 9.37. The van der Waals surface area contributed by atoms with E-state index >= 15 is 0 Å². The Morgan fingerprint density at radius 2 is 2.13 bits per heavy atom. The van der Waals surface area contributed by atoms with Crippen molar-refractivity contribution in [3.63, 3.8) is 0 Å². The van der Waals surface area contributed by atoms with Crippen LogP contribution in [-0.2, 0) is 4.74 Å². The normalized spacial score (nSPS) is 9.93. The number of hydrogen-bond acceptors (Lipinski definition) is 2. The van der Waals surface area contributed by atoms with Crippen LogP contribution in [-0.4, -0.2) is 25.7 Å². The van der Waals surface area contributed by atoms with Crippen molar-refractivity contribution >= 4 is 17.7 Å². The third-order valence-corrected chi connectivity index (χ3v) is 1.97. The number of hydrogen-bond donors (Lipinski definition) is 0. The maximum absolute atomic E-state index is 5.48. The molecule has 0 bridgehead atoms. The fraction of sp³-hybridized carbons (Fsp3) is 0.333. The molecular formula is C12H15ClO2. The second-order valence-corrected chi connectivity index (χ2v) is 3.30. The molecule has 0 aliphatic carbocycles. The minimum atomic E-state index is 0.520. The second-order valence-electron chi connectivity index (χ2n) is 2.93. The Labute approximate surface area is 95.5 Å². The standard InChI is InChI=1S/C12H15ClO2/c1-2-11-4-3-5-12(10-11)15-9-8-14-7-6-13/h2-5,10H,1,6-9H2. The summed E-state index contributed by atoms with van der Waals surface area (Å²) in [6.07, 6.45) is 1.79. The quantitative estimate of drug-likeness (QED) is 0.526. The molecule has 2 nitrogen and oxygen atoms in total. The Morgan fingerprint density at radius 3 is 2.87 bits per heavy atom. The Hall–Kier alpha value is -0.990. The van der Waals surface area contributed by atoms with Crippen molar-refractivity contribution in [1.29, 1.82) is 0 Å². The van der Waals surface area contributed by atoms with Crippen LogP contribution in [0.25, 0.3) is 6.08 Å². The molecule has 0 aliphatic rings. The van der Waals surface area contributed by atoms with Crippen molar-refractivity contribution in [1.82, 2.24) is 0 Å². The first-order chi connectivity index (χ1) is 7.36. The highest BCUT2D eigenvalue weighted by Crippen LogP contribution is 2.13. The molecule has 0 heterocycles. The fourth-order valence-electron chi connectivity index (χ4n) is 1.11. The van der Waals surface area contributed by atoms with E-state index < -0.39 is 0 Å². The first kappa shape index (κ1) is 12.1. The van der Waals surface area contributed by atoms with Gasteiger partial charge < -0.3 is 9.47 Å². The third kappa shape index (κ3) is 4.86. The molecule has 1 aromatic carbocycles. The van der Waals surface area contributed by atoms with E-state index in [-0.39, 0.29) is 0 Å². The van der Waals surface area contributed by atoms with Gasteiger partial charge in [-0.05, 0) is 17.7 Å². The van der Waals surface area contributed by atoms with Crippen LogP contribution in [0.5, 0.6) is 5.75 Å². The van der Waals surface area contributed by atoms with Crippen molar-refractivity contribution in [3.8, 4) is 5.75 Å². The summed E-state index contributed by atoms with van der Waals surface area (Å²) in [5, 5.41) is 0. The Kier molecular flexibility index (Phi) is 5.90. The molecule has 82 valence electrons. The molecule has 0 aliphatic heterocycles. The van der Waals surface area contributed by atoms with Gasteiger partial charge >= 0.3 is 0 Å². The molecule has 0 N–H and O–H groups in total. The van der Waals surface area contributed by atoms with Gasteiger partial charge in [-0.3, -0.25) is 0 Å². The first-order valence-corrected chi connectivity index (χ1v) is 5.39. The third-order valence-electron chi connectivity index (χ3n) is 1.81. The van der Waals surface area contributed by atoms with Crippen molar-refractivity contribution in [2.24, 2.45) is 0 Å². The molecule has 0 unspecified atom stereocenters. The molecule has 0 fully saturated rings. The predicted octanol–water partition coefficient (Wildman–Crippen LogP) is 2.96. The molecule has 0 saturated heterocycles. The lowest BCUT2D eigenvalue weighted by Gasteiger charge is -2.06. The number of ether oxygens (including phenoxy) is 2. The molecule has 0 amide bonds. The molecular weight excluding hydrogens is 212 g/mol. The zero-order chi connectivity index (χ0) is 10.9. The van der Waals surface area contributed by atoms with E-state index in [0.717, 1.165) is 11.3 Å². The van der Waals surface area contributed by atoms with Crippen LogP contribution in [0.4, 0.5) is 0 Å². The van der Waals surface area contributed by atoms with Crippen LogP contribution in [0.3, 0.4) is 0 Å². The number of alkyl halides is 1. The molecule has 0 aromatic heterocycles. The van der Waals surface area contributed by atoms with Gasteiger partial charge in [0.25, 0.3) is 0 Å². The van der Waals surface area contributed by atoms with Gasteiger partial charge in [-0.15, -0.1) is 11.6 Å². The average Bonchev–Trinajstić information content (AvgIpc) is 2.29. The Balaban J connectivity index is 2.27. The molecule has 1 rings (SSSR count). The SMILES string of the molecule is C=Cc1cccc(OCCOCCCl)c1. The molecule has 0 atom stereocenters. The largest absolute Gasteiger partial charge is 0.491 e.